The van der Waals surface area contributed by atoms with Gasteiger partial charge in [-0.3, -0.25) is 0 Å². The molecule has 0 aliphatic heterocycles. The molecule has 0 bridgehead atoms. The van der Waals surface area contributed by atoms with Crippen LogP contribution in [0.1, 0.15) is 32.1 Å². The van der Waals surface area contributed by atoms with Crippen molar-refractivity contribution in [2.75, 3.05) is 6.16 Å². The van der Waals surface area contributed by atoms with Crippen molar-refractivity contribution in [2.24, 2.45) is 5.92 Å². The van der Waals surface area contributed by atoms with E-state index in [0.29, 0.717) is 6.16 Å². The Labute approximate surface area is 215 Å². The monoisotopic (exact) mass is 512 g/mol. The Hall–Kier alpha value is -2.66. The van der Waals surface area contributed by atoms with E-state index in [1.165, 1.54) is 6.42 Å². The van der Waals surface area contributed by atoms with Crippen LogP contribution < -0.4 is 21.2 Å². The lowest BCUT2D eigenvalue weighted by atomic mass is 9.87. The molecule has 5 rings (SSSR count). The largest absolute Gasteiger partial charge is 0.314 e. The highest BCUT2D eigenvalue weighted by Crippen LogP contribution is 2.59. The van der Waals surface area contributed by atoms with Gasteiger partial charge in [-0.2, -0.15) is 0 Å². The van der Waals surface area contributed by atoms with Crippen LogP contribution in [0.3, 0.4) is 0 Å². The first-order chi connectivity index (χ1) is 17.6. The van der Waals surface area contributed by atoms with Gasteiger partial charge in [-0.15, -0.1) is 0 Å². The molecule has 36 heavy (non-hydrogen) atoms. The fraction of sp³-hybridized carbons (Fsp3) is 0.250. The maximum atomic E-state index is 15.6. The summed E-state index contributed by atoms with van der Waals surface area (Å²) in [5.74, 6) is 0.269. The standard InChI is InChI=1S/C32H34O2P2/c33-35(28-18-8-2-9-19-28,29-20-10-3-11-21-29)26-32(27-16-6-1-7-17-27)36(34,30-22-12-4-13-23-30)31-24-14-5-15-25-31/h2-5,8-15,18-25,27,32H,1,6-7,16-17,26H2. The molecule has 1 unspecified atom stereocenters. The highest BCUT2D eigenvalue weighted by molar-refractivity contribution is 7.82. The van der Waals surface area contributed by atoms with Crippen LogP contribution in [0, 0.1) is 5.92 Å². The molecule has 2 nitrogen and oxygen atoms in total. The zero-order chi connectivity index (χ0) is 24.8. The van der Waals surface area contributed by atoms with Crippen LogP contribution in [0.25, 0.3) is 0 Å². The first kappa shape index (κ1) is 25.0. The molecule has 0 N–H and O–H groups in total. The Morgan fingerprint density at radius 2 is 0.889 bits per heavy atom. The zero-order valence-electron chi connectivity index (χ0n) is 20.7. The van der Waals surface area contributed by atoms with E-state index in [1.54, 1.807) is 0 Å². The topological polar surface area (TPSA) is 34.1 Å². The molecule has 4 heteroatoms. The highest BCUT2D eigenvalue weighted by atomic mass is 31.2. The molecular formula is C32H34O2P2. The van der Waals surface area contributed by atoms with Crippen LogP contribution >= 0.6 is 14.3 Å². The zero-order valence-corrected chi connectivity index (χ0v) is 22.4. The molecule has 1 atom stereocenters. The van der Waals surface area contributed by atoms with Gasteiger partial charge in [0, 0.05) is 33.0 Å². The summed E-state index contributed by atoms with van der Waals surface area (Å²) in [5, 5.41) is 3.45. The maximum absolute atomic E-state index is 15.6. The summed E-state index contributed by atoms with van der Waals surface area (Å²) in [5.41, 5.74) is -0.200. The van der Waals surface area contributed by atoms with Crippen LogP contribution in [0.15, 0.2) is 121 Å². The van der Waals surface area contributed by atoms with Crippen molar-refractivity contribution in [1.29, 1.82) is 0 Å². The van der Waals surface area contributed by atoms with Crippen molar-refractivity contribution in [2.45, 2.75) is 37.8 Å². The predicted octanol–water partition coefficient (Wildman–Crippen LogP) is 6.96. The Balaban J connectivity index is 1.72. The van der Waals surface area contributed by atoms with Crippen LogP contribution in [-0.4, -0.2) is 11.8 Å². The van der Waals surface area contributed by atoms with Gasteiger partial charge in [0.25, 0.3) is 0 Å². The molecule has 0 amide bonds. The molecular weight excluding hydrogens is 478 g/mol. The van der Waals surface area contributed by atoms with E-state index in [4.69, 9.17) is 0 Å². The molecule has 0 saturated heterocycles. The summed E-state index contributed by atoms with van der Waals surface area (Å²) in [6.45, 7) is 0. The van der Waals surface area contributed by atoms with Gasteiger partial charge in [-0.25, -0.2) is 0 Å². The normalized spacial score (nSPS) is 15.9. The summed E-state index contributed by atoms with van der Waals surface area (Å²) in [6, 6.07) is 39.7. The van der Waals surface area contributed by atoms with E-state index in [1.807, 2.05) is 121 Å². The second-order valence-electron chi connectivity index (χ2n) is 9.89. The van der Waals surface area contributed by atoms with Crippen molar-refractivity contribution in [3.05, 3.63) is 121 Å². The molecule has 0 radical (unpaired) electrons. The first-order valence-corrected chi connectivity index (χ1v) is 16.7. The number of rotatable bonds is 8. The fourth-order valence-electron chi connectivity index (χ4n) is 5.87. The lowest BCUT2D eigenvalue weighted by molar-refractivity contribution is 0.350. The molecule has 0 aromatic heterocycles. The molecule has 4 aromatic carbocycles. The van der Waals surface area contributed by atoms with E-state index in [-0.39, 0.29) is 11.6 Å². The third-order valence-electron chi connectivity index (χ3n) is 7.73. The third kappa shape index (κ3) is 4.95. The fourth-order valence-corrected chi connectivity index (χ4v) is 13.5. The summed E-state index contributed by atoms with van der Waals surface area (Å²) < 4.78 is 30.9. The number of hydrogen-bond acceptors (Lipinski definition) is 2. The Kier molecular flexibility index (Phi) is 7.76. The van der Waals surface area contributed by atoms with Gasteiger partial charge >= 0.3 is 0 Å². The van der Waals surface area contributed by atoms with Gasteiger partial charge in [-0.05, 0) is 18.8 Å². The molecule has 184 valence electrons. The molecule has 0 heterocycles. The Morgan fingerprint density at radius 1 is 0.528 bits per heavy atom. The first-order valence-electron chi connectivity index (χ1n) is 13.0. The molecule has 1 saturated carbocycles. The van der Waals surface area contributed by atoms with E-state index in [2.05, 4.69) is 0 Å². The number of hydrogen-bond donors (Lipinski definition) is 0. The van der Waals surface area contributed by atoms with Crippen molar-refractivity contribution in [1.82, 2.24) is 0 Å². The van der Waals surface area contributed by atoms with E-state index in [9.17, 15) is 0 Å². The lowest BCUT2D eigenvalue weighted by Crippen LogP contribution is -2.37. The van der Waals surface area contributed by atoms with Crippen molar-refractivity contribution in [3.8, 4) is 0 Å². The van der Waals surface area contributed by atoms with Gasteiger partial charge in [0.2, 0.25) is 0 Å². The van der Waals surface area contributed by atoms with Crippen LogP contribution in [0.5, 0.6) is 0 Å². The molecule has 0 spiro atoms. The minimum absolute atomic E-state index is 0.200. The van der Waals surface area contributed by atoms with Crippen LogP contribution in [-0.2, 0) is 9.13 Å². The molecule has 1 fully saturated rings. The number of benzene rings is 4. The molecule has 4 aromatic rings. The van der Waals surface area contributed by atoms with E-state index < -0.39 is 14.3 Å². The second kappa shape index (κ2) is 11.2. The molecule has 1 aliphatic carbocycles. The van der Waals surface area contributed by atoms with Crippen LogP contribution in [0.4, 0.5) is 0 Å². The average Bonchev–Trinajstić information content (AvgIpc) is 2.97. The minimum Gasteiger partial charge on any atom is -0.314 e. The third-order valence-corrected chi connectivity index (χ3v) is 14.9. The van der Waals surface area contributed by atoms with Crippen LogP contribution in [0.2, 0.25) is 0 Å². The summed E-state index contributed by atoms with van der Waals surface area (Å²) in [4.78, 5) is 0. The smallest absolute Gasteiger partial charge is 0.146 e. The lowest BCUT2D eigenvalue weighted by Gasteiger charge is -2.38. The van der Waals surface area contributed by atoms with Crippen molar-refractivity contribution in [3.63, 3.8) is 0 Å². The minimum atomic E-state index is -3.11. The highest BCUT2D eigenvalue weighted by Gasteiger charge is 2.45. The van der Waals surface area contributed by atoms with Crippen molar-refractivity contribution < 1.29 is 9.13 Å². The summed E-state index contributed by atoms with van der Waals surface area (Å²) in [7, 11) is -6.17. The second-order valence-corrected chi connectivity index (χ2v) is 15.8. The van der Waals surface area contributed by atoms with E-state index >= 15 is 9.13 Å². The Morgan fingerprint density at radius 3 is 1.28 bits per heavy atom. The SMILES string of the molecule is O=P(CC(C1CCCCC1)P(=O)(c1ccccc1)c1ccccc1)(c1ccccc1)c1ccccc1. The average molecular weight is 513 g/mol. The van der Waals surface area contributed by atoms with Gasteiger partial charge in [-0.1, -0.05) is 141 Å². The van der Waals surface area contributed by atoms with E-state index in [0.717, 1.165) is 46.9 Å². The quantitative estimate of drug-likeness (QED) is 0.239. The van der Waals surface area contributed by atoms with Crippen molar-refractivity contribution >= 4 is 35.5 Å². The summed E-state index contributed by atoms with van der Waals surface area (Å²) >= 11 is 0. The summed E-state index contributed by atoms with van der Waals surface area (Å²) in [6.07, 6.45) is 6.00. The predicted molar refractivity (Wildman–Crippen MR) is 155 cm³/mol. The van der Waals surface area contributed by atoms with Gasteiger partial charge in [0.15, 0.2) is 0 Å². The van der Waals surface area contributed by atoms with Gasteiger partial charge < -0.3 is 9.13 Å². The molecule has 1 aliphatic rings. The van der Waals surface area contributed by atoms with Gasteiger partial charge in [0.1, 0.15) is 14.3 Å². The Bertz CT molecular complexity index is 1250. The van der Waals surface area contributed by atoms with Gasteiger partial charge in [0.05, 0.1) is 0 Å². The maximum Gasteiger partial charge on any atom is 0.146 e.